The van der Waals surface area contributed by atoms with Crippen molar-refractivity contribution in [1.29, 1.82) is 0 Å². The van der Waals surface area contributed by atoms with Crippen molar-refractivity contribution in [2.75, 3.05) is 6.61 Å². The van der Waals surface area contributed by atoms with Crippen molar-refractivity contribution in [3.8, 4) is 0 Å². The molecule has 2 rings (SSSR count). The van der Waals surface area contributed by atoms with E-state index in [9.17, 15) is 43.8 Å². The molecular weight excluding hydrogens is 656 g/mol. The predicted octanol–water partition coefficient (Wildman–Crippen LogP) is 2.63. The Labute approximate surface area is 291 Å². The first-order chi connectivity index (χ1) is 23.7. The fourth-order valence-electron chi connectivity index (χ4n) is 4.97. The number of imide groups is 4. The highest BCUT2D eigenvalue weighted by atomic mass is 16.7. The number of esters is 2. The van der Waals surface area contributed by atoms with Crippen molar-refractivity contribution in [2.45, 2.75) is 122 Å². The first kappa shape index (κ1) is 41.7. The van der Waals surface area contributed by atoms with Gasteiger partial charge in [0.25, 0.3) is 11.8 Å². The second-order valence-electron chi connectivity index (χ2n) is 12.0. The Morgan fingerprint density at radius 2 is 1.72 bits per heavy atom. The van der Waals surface area contributed by atoms with E-state index >= 15 is 0 Å². The molecule has 1 saturated heterocycles. The van der Waals surface area contributed by atoms with Crippen LogP contribution < -0.4 is 5.32 Å². The summed E-state index contributed by atoms with van der Waals surface area (Å²) in [6, 6.07) is 0. The lowest BCUT2D eigenvalue weighted by molar-refractivity contribution is -0.157. The maximum absolute atomic E-state index is 12.9. The van der Waals surface area contributed by atoms with Gasteiger partial charge in [0.15, 0.2) is 12.2 Å². The van der Waals surface area contributed by atoms with Crippen molar-refractivity contribution in [3.63, 3.8) is 0 Å². The molecule has 50 heavy (non-hydrogen) atoms. The van der Waals surface area contributed by atoms with E-state index in [1.54, 1.807) is 6.92 Å². The van der Waals surface area contributed by atoms with Gasteiger partial charge < -0.3 is 29.2 Å². The molecule has 0 spiro atoms. The fourth-order valence-corrected chi connectivity index (χ4v) is 4.97. The van der Waals surface area contributed by atoms with Gasteiger partial charge in [0.2, 0.25) is 11.8 Å². The van der Waals surface area contributed by atoms with Crippen LogP contribution in [0.5, 0.6) is 0 Å². The third-order valence-corrected chi connectivity index (χ3v) is 7.60. The molecule has 5 amide bonds. The minimum atomic E-state index is -1.68. The molecule has 0 aromatic rings. The summed E-state index contributed by atoms with van der Waals surface area (Å²) in [5.41, 5.74) is 0.501. The fraction of sp³-hybridized carbons (Fsp3) is 0.571. The number of ether oxygens (including phenoxy) is 4. The first-order valence-corrected chi connectivity index (χ1v) is 16.7. The second kappa shape index (κ2) is 21.6. The third-order valence-electron chi connectivity index (χ3n) is 7.60. The van der Waals surface area contributed by atoms with Crippen molar-refractivity contribution in [1.82, 2.24) is 10.2 Å². The number of hydrogen-bond donors (Lipinski definition) is 3. The molecule has 0 aromatic heterocycles. The lowest BCUT2D eigenvalue weighted by Crippen LogP contribution is -2.48. The van der Waals surface area contributed by atoms with Crippen LogP contribution in [0, 0.1) is 0 Å². The number of allylic oxidation sites excluding steroid dienone is 3. The zero-order valence-electron chi connectivity index (χ0n) is 28.9. The lowest BCUT2D eigenvalue weighted by atomic mass is 9.99. The highest BCUT2D eigenvalue weighted by Crippen LogP contribution is 2.35. The highest BCUT2D eigenvalue weighted by Gasteiger charge is 2.52. The van der Waals surface area contributed by atoms with E-state index in [4.69, 9.17) is 18.9 Å². The molecule has 15 heteroatoms. The summed E-state index contributed by atoms with van der Waals surface area (Å²) in [6.07, 6.45) is 4.38. The zero-order chi connectivity index (χ0) is 37.2. The Morgan fingerprint density at radius 1 is 1.02 bits per heavy atom. The standard InChI is InChI=1S/C35H48N2O13/c1-5-6-7-8-9-13-30(44)47-20-19-25(40)16-17-26(41)32-34(50-35(46)36-23(3)38)33-27(48-33)18-15-22(2)21-29(43)37(24(4)39)28(42)12-10-11-14-31(45)49-32/h10-12,14,16-17,21,25-27,32-34,40-41H,5-9,13,15,18-20H2,1-4H3,(H,36,38,46). The summed E-state index contributed by atoms with van der Waals surface area (Å²) in [5, 5.41) is 23.6. The third kappa shape index (κ3) is 15.4. The summed E-state index contributed by atoms with van der Waals surface area (Å²) in [5.74, 6) is -4.79. The van der Waals surface area contributed by atoms with E-state index in [1.165, 1.54) is 6.08 Å². The minimum absolute atomic E-state index is 0.00816. The number of hydrogen-bond acceptors (Lipinski definition) is 13. The number of nitrogens with one attached hydrogen (secondary N) is 1. The first-order valence-electron chi connectivity index (χ1n) is 16.7. The molecule has 6 unspecified atom stereocenters. The van der Waals surface area contributed by atoms with E-state index in [0.717, 1.165) is 76.0 Å². The summed E-state index contributed by atoms with van der Waals surface area (Å²) >= 11 is 0. The quantitative estimate of drug-likeness (QED) is 0.0629. The number of amides is 5. The second-order valence-corrected chi connectivity index (χ2v) is 12.0. The molecule has 0 aliphatic carbocycles. The Kier molecular flexibility index (Phi) is 18.0. The normalized spacial score (nSPS) is 22.9. The molecule has 0 aromatic carbocycles. The van der Waals surface area contributed by atoms with Gasteiger partial charge in [-0.05, 0) is 26.2 Å². The number of cyclic esters (lactones) is 1. The summed E-state index contributed by atoms with van der Waals surface area (Å²) < 4.78 is 21.8. The van der Waals surface area contributed by atoms with E-state index in [2.05, 4.69) is 6.92 Å². The molecule has 2 aliphatic rings. The molecule has 6 atom stereocenters. The average molecular weight is 705 g/mol. The van der Waals surface area contributed by atoms with Crippen molar-refractivity contribution < 1.29 is 62.7 Å². The average Bonchev–Trinajstić information content (AvgIpc) is 3.81. The number of carbonyl (C=O) groups excluding carboxylic acids is 7. The Bertz CT molecular complexity index is 1350. The van der Waals surface area contributed by atoms with E-state index < -0.39 is 72.3 Å². The van der Waals surface area contributed by atoms with Gasteiger partial charge in [-0.3, -0.25) is 29.3 Å². The molecule has 2 heterocycles. The molecule has 0 saturated carbocycles. The number of carbonyl (C=O) groups is 7. The molecule has 2 aliphatic heterocycles. The van der Waals surface area contributed by atoms with Gasteiger partial charge in [-0.25, -0.2) is 14.5 Å². The van der Waals surface area contributed by atoms with Gasteiger partial charge in [0.1, 0.15) is 12.2 Å². The van der Waals surface area contributed by atoms with Crippen LogP contribution in [0.15, 0.2) is 48.1 Å². The SMILES string of the molecule is CCCCCCCC(=O)OCCC(O)C=CC(O)C1OC(=O)C=CC=CC(=O)N(C(C)=O)C(=O)C=C(C)CCC2OC2C1OC(=O)NC(C)=O. The molecular formula is C35H48N2O13. The van der Waals surface area contributed by atoms with E-state index in [-0.39, 0.29) is 38.3 Å². The van der Waals surface area contributed by atoms with E-state index in [1.807, 2.05) is 5.32 Å². The molecule has 3 N–H and O–H groups in total. The van der Waals surface area contributed by atoms with Crippen LogP contribution in [0.25, 0.3) is 0 Å². The monoisotopic (exact) mass is 704 g/mol. The molecule has 15 nitrogen and oxygen atoms in total. The van der Waals surface area contributed by atoms with Crippen LogP contribution in [-0.2, 0) is 47.7 Å². The number of fused-ring (bicyclic) bond motifs is 1. The maximum atomic E-state index is 12.9. The summed E-state index contributed by atoms with van der Waals surface area (Å²) in [7, 11) is 0. The Morgan fingerprint density at radius 3 is 2.40 bits per heavy atom. The Hall–Kier alpha value is -4.47. The van der Waals surface area contributed by atoms with Gasteiger partial charge in [-0.1, -0.05) is 62.5 Å². The van der Waals surface area contributed by atoms with Gasteiger partial charge in [-0.15, -0.1) is 0 Å². The van der Waals surface area contributed by atoms with Crippen molar-refractivity contribution in [3.05, 3.63) is 48.1 Å². The number of rotatable bonds is 13. The van der Waals surface area contributed by atoms with Crippen LogP contribution >= 0.6 is 0 Å². The number of nitrogens with zero attached hydrogens (tertiary/aromatic N) is 1. The molecule has 1 fully saturated rings. The van der Waals surface area contributed by atoms with Crippen LogP contribution in [0.2, 0.25) is 0 Å². The van der Waals surface area contributed by atoms with Gasteiger partial charge in [-0.2, -0.15) is 0 Å². The van der Waals surface area contributed by atoms with Gasteiger partial charge in [0, 0.05) is 44.9 Å². The van der Waals surface area contributed by atoms with Crippen molar-refractivity contribution in [2.24, 2.45) is 0 Å². The molecule has 0 bridgehead atoms. The Balaban J connectivity index is 2.26. The minimum Gasteiger partial charge on any atom is -0.466 e. The topological polar surface area (TPSA) is 215 Å². The highest BCUT2D eigenvalue weighted by molar-refractivity contribution is 6.16. The predicted molar refractivity (Wildman–Crippen MR) is 177 cm³/mol. The lowest BCUT2D eigenvalue weighted by Gasteiger charge is -2.28. The zero-order valence-corrected chi connectivity index (χ0v) is 28.9. The van der Waals surface area contributed by atoms with Gasteiger partial charge in [0.05, 0.1) is 18.8 Å². The van der Waals surface area contributed by atoms with Crippen molar-refractivity contribution >= 4 is 41.7 Å². The molecule has 276 valence electrons. The summed E-state index contributed by atoms with van der Waals surface area (Å²) in [4.78, 5) is 86.6. The number of unbranched alkanes of at least 4 members (excludes halogenated alkanes) is 4. The molecule has 0 radical (unpaired) electrons. The smallest absolute Gasteiger partial charge is 0.414 e. The largest absolute Gasteiger partial charge is 0.466 e. The van der Waals surface area contributed by atoms with Gasteiger partial charge >= 0.3 is 18.0 Å². The maximum Gasteiger partial charge on any atom is 0.414 e. The van der Waals surface area contributed by atoms with E-state index in [0.29, 0.717) is 16.9 Å². The van der Waals surface area contributed by atoms with Crippen LogP contribution in [-0.4, -0.2) is 100 Å². The van der Waals surface area contributed by atoms with Crippen LogP contribution in [0.4, 0.5) is 4.79 Å². The number of alkyl carbamates (subject to hydrolysis) is 1. The van der Waals surface area contributed by atoms with Crippen LogP contribution in [0.3, 0.4) is 0 Å². The number of aliphatic hydroxyl groups is 2. The number of epoxide rings is 1. The van der Waals surface area contributed by atoms with Crippen LogP contribution in [0.1, 0.15) is 85.5 Å². The summed E-state index contributed by atoms with van der Waals surface area (Å²) in [6.45, 7) is 5.76. The number of aliphatic hydroxyl groups excluding tert-OH is 2.